The van der Waals surface area contributed by atoms with Gasteiger partial charge in [-0.25, -0.2) is 4.98 Å². The van der Waals surface area contributed by atoms with Crippen molar-refractivity contribution in [3.05, 3.63) is 102 Å². The van der Waals surface area contributed by atoms with Crippen LogP contribution in [0, 0.1) is 13.8 Å². The molecular weight excluding hydrogens is 418 g/mol. The minimum atomic E-state index is 0.152. The van der Waals surface area contributed by atoms with Gasteiger partial charge >= 0.3 is 0 Å². The molecule has 1 nitrogen and oxygen atoms in total. The van der Waals surface area contributed by atoms with Gasteiger partial charge in [-0.1, -0.05) is 81.4 Å². The molecule has 164 valence electrons. The summed E-state index contributed by atoms with van der Waals surface area (Å²) >= 11 is 1.79. The Morgan fingerprint density at radius 2 is 1.33 bits per heavy atom. The van der Waals surface area contributed by atoms with Gasteiger partial charge in [0.05, 0.1) is 5.69 Å². The summed E-state index contributed by atoms with van der Waals surface area (Å²) in [5.74, 6) is 0. The Kier molecular flexibility index (Phi) is 5.42. The molecule has 2 aromatic heterocycles. The summed E-state index contributed by atoms with van der Waals surface area (Å²) in [6, 6.07) is 30.5. The van der Waals surface area contributed by atoms with Crippen molar-refractivity contribution in [1.29, 1.82) is 0 Å². The third kappa shape index (κ3) is 4.24. The van der Waals surface area contributed by atoms with Gasteiger partial charge in [-0.15, -0.1) is 11.3 Å². The van der Waals surface area contributed by atoms with E-state index < -0.39 is 0 Å². The van der Waals surface area contributed by atoms with Gasteiger partial charge in [-0.3, -0.25) is 0 Å². The first kappa shape index (κ1) is 21.6. The molecule has 0 amide bonds. The largest absolute Gasteiger partial charge is 0.237 e. The summed E-state index contributed by atoms with van der Waals surface area (Å²) in [6.07, 6.45) is 0. The van der Waals surface area contributed by atoms with E-state index in [1.54, 1.807) is 11.3 Å². The van der Waals surface area contributed by atoms with Crippen molar-refractivity contribution in [3.8, 4) is 32.8 Å². The third-order valence-corrected chi connectivity index (χ3v) is 7.36. The number of aryl methyl sites for hydroxylation is 2. The highest BCUT2D eigenvalue weighted by molar-refractivity contribution is 7.21. The highest BCUT2D eigenvalue weighted by Crippen LogP contribution is 2.39. The van der Waals surface area contributed by atoms with Gasteiger partial charge in [0.25, 0.3) is 0 Å². The van der Waals surface area contributed by atoms with E-state index in [9.17, 15) is 0 Å². The lowest BCUT2D eigenvalue weighted by atomic mass is 9.83. The maximum absolute atomic E-state index is 5.06. The Morgan fingerprint density at radius 3 is 2.03 bits per heavy atom. The zero-order valence-corrected chi connectivity index (χ0v) is 20.8. The zero-order valence-electron chi connectivity index (χ0n) is 19.9. The number of hydrogen-bond donors (Lipinski definition) is 0. The summed E-state index contributed by atoms with van der Waals surface area (Å²) in [4.78, 5) is 7.44. The first-order valence-corrected chi connectivity index (χ1v) is 12.3. The van der Waals surface area contributed by atoms with E-state index in [1.165, 1.54) is 43.6 Å². The van der Waals surface area contributed by atoms with E-state index >= 15 is 0 Å². The van der Waals surface area contributed by atoms with Crippen LogP contribution in [0.25, 0.3) is 43.0 Å². The fourth-order valence-electron chi connectivity index (χ4n) is 4.48. The van der Waals surface area contributed by atoms with Gasteiger partial charge in [0.2, 0.25) is 0 Å². The molecule has 0 atom stereocenters. The molecule has 0 bridgehead atoms. The lowest BCUT2D eigenvalue weighted by Crippen LogP contribution is -2.11. The topological polar surface area (TPSA) is 12.9 Å². The molecule has 0 fully saturated rings. The fraction of sp³-hybridized carbons (Fsp3) is 0.194. The molecule has 3 aromatic carbocycles. The second kappa shape index (κ2) is 8.28. The molecule has 0 N–H and O–H groups in total. The summed E-state index contributed by atoms with van der Waals surface area (Å²) in [6.45, 7) is 11.3. The molecular formula is C31H29NS. The fourth-order valence-corrected chi connectivity index (χ4v) is 5.68. The third-order valence-electron chi connectivity index (χ3n) is 6.29. The molecule has 0 spiro atoms. The van der Waals surface area contributed by atoms with Gasteiger partial charge < -0.3 is 0 Å². The van der Waals surface area contributed by atoms with Gasteiger partial charge in [-0.2, -0.15) is 0 Å². The molecule has 0 saturated carbocycles. The van der Waals surface area contributed by atoms with Crippen LogP contribution < -0.4 is 0 Å². The Morgan fingerprint density at radius 1 is 0.667 bits per heavy atom. The van der Waals surface area contributed by atoms with E-state index in [0.717, 1.165) is 16.1 Å². The molecule has 0 unspecified atom stereocenters. The predicted octanol–water partition coefficient (Wildman–Crippen LogP) is 9.21. The molecule has 5 aromatic rings. The quantitative estimate of drug-likeness (QED) is 0.268. The minimum Gasteiger partial charge on any atom is -0.237 e. The van der Waals surface area contributed by atoms with Crippen LogP contribution in [0.3, 0.4) is 0 Å². The maximum Gasteiger partial charge on any atom is 0.124 e. The molecule has 0 aliphatic heterocycles. The summed E-state index contributed by atoms with van der Waals surface area (Å²) in [7, 11) is 0. The second-order valence-electron chi connectivity index (χ2n) is 9.88. The van der Waals surface area contributed by atoms with E-state index in [4.69, 9.17) is 4.98 Å². The minimum absolute atomic E-state index is 0.152. The van der Waals surface area contributed by atoms with Crippen molar-refractivity contribution >= 4 is 21.6 Å². The Balaban J connectivity index is 1.55. The standard InChI is InChI=1S/C31H29NS/c1-20-16-26(31(3,4)5)17-21(2)29(20)28-19-25-14-15-27(32-30(25)33-28)24-13-9-12-23(18-24)22-10-7-6-8-11-22/h6-19H,1-5H3. The van der Waals surface area contributed by atoms with E-state index in [1.807, 2.05) is 0 Å². The van der Waals surface area contributed by atoms with Crippen LogP contribution in [0.15, 0.2) is 84.9 Å². The van der Waals surface area contributed by atoms with Crippen molar-refractivity contribution in [2.45, 2.75) is 40.0 Å². The number of benzene rings is 3. The first-order valence-electron chi connectivity index (χ1n) is 11.5. The van der Waals surface area contributed by atoms with Crippen molar-refractivity contribution in [1.82, 2.24) is 4.98 Å². The lowest BCUT2D eigenvalue weighted by Gasteiger charge is -2.22. The summed E-state index contributed by atoms with van der Waals surface area (Å²) in [5.41, 5.74) is 10.2. The molecule has 0 radical (unpaired) electrons. The van der Waals surface area contributed by atoms with E-state index in [2.05, 4.69) is 120 Å². The monoisotopic (exact) mass is 447 g/mol. The smallest absolute Gasteiger partial charge is 0.124 e. The van der Waals surface area contributed by atoms with Crippen LogP contribution in [0.4, 0.5) is 0 Å². The second-order valence-corrected chi connectivity index (χ2v) is 10.9. The molecule has 2 heteroatoms. The first-order chi connectivity index (χ1) is 15.8. The predicted molar refractivity (Wildman–Crippen MR) is 144 cm³/mol. The SMILES string of the molecule is Cc1cc(C(C)(C)C)cc(C)c1-c1cc2ccc(-c3cccc(-c4ccccc4)c3)nc2s1. The number of pyridine rings is 1. The van der Waals surface area contributed by atoms with Gasteiger partial charge in [0.1, 0.15) is 4.83 Å². The highest BCUT2D eigenvalue weighted by atomic mass is 32.1. The van der Waals surface area contributed by atoms with Gasteiger partial charge in [0.15, 0.2) is 0 Å². The normalized spacial score (nSPS) is 11.8. The average molecular weight is 448 g/mol. The van der Waals surface area contributed by atoms with Gasteiger partial charge in [-0.05, 0) is 76.9 Å². The van der Waals surface area contributed by atoms with Crippen molar-refractivity contribution < 1.29 is 0 Å². The van der Waals surface area contributed by atoms with Crippen molar-refractivity contribution in [2.75, 3.05) is 0 Å². The van der Waals surface area contributed by atoms with Crippen LogP contribution in [0.5, 0.6) is 0 Å². The molecule has 5 rings (SSSR count). The Bertz CT molecular complexity index is 1430. The summed E-state index contributed by atoms with van der Waals surface area (Å²) < 4.78 is 0. The molecule has 33 heavy (non-hydrogen) atoms. The lowest BCUT2D eigenvalue weighted by molar-refractivity contribution is 0.589. The van der Waals surface area contributed by atoms with Gasteiger partial charge in [0, 0.05) is 15.8 Å². The van der Waals surface area contributed by atoms with Crippen LogP contribution >= 0.6 is 11.3 Å². The Hall–Kier alpha value is -3.23. The molecule has 0 aliphatic carbocycles. The number of aromatic nitrogens is 1. The van der Waals surface area contributed by atoms with Crippen LogP contribution in [0.1, 0.15) is 37.5 Å². The number of hydrogen-bond acceptors (Lipinski definition) is 2. The van der Waals surface area contributed by atoms with Crippen LogP contribution in [0.2, 0.25) is 0 Å². The Labute approximate surface area is 200 Å². The van der Waals surface area contributed by atoms with Crippen molar-refractivity contribution in [3.63, 3.8) is 0 Å². The number of nitrogens with zero attached hydrogens (tertiary/aromatic N) is 1. The van der Waals surface area contributed by atoms with E-state index in [-0.39, 0.29) is 5.41 Å². The number of fused-ring (bicyclic) bond motifs is 1. The maximum atomic E-state index is 5.06. The molecule has 2 heterocycles. The van der Waals surface area contributed by atoms with Crippen LogP contribution in [-0.2, 0) is 5.41 Å². The number of rotatable bonds is 3. The summed E-state index contributed by atoms with van der Waals surface area (Å²) in [5, 5.41) is 1.21. The van der Waals surface area contributed by atoms with Crippen LogP contribution in [-0.4, -0.2) is 4.98 Å². The zero-order chi connectivity index (χ0) is 23.2. The number of thiophene rings is 1. The highest BCUT2D eigenvalue weighted by Gasteiger charge is 2.18. The molecule has 0 aliphatic rings. The van der Waals surface area contributed by atoms with Crippen molar-refractivity contribution in [2.24, 2.45) is 0 Å². The van der Waals surface area contributed by atoms with E-state index in [0.29, 0.717) is 0 Å². The average Bonchev–Trinajstić information content (AvgIpc) is 3.21. The molecule has 0 saturated heterocycles.